The van der Waals surface area contributed by atoms with Crippen molar-refractivity contribution in [3.63, 3.8) is 0 Å². The molecule has 4 nitrogen and oxygen atoms in total. The van der Waals surface area contributed by atoms with Gasteiger partial charge < -0.3 is 0 Å². The summed E-state index contributed by atoms with van der Waals surface area (Å²) in [4.78, 5) is 13.3. The Kier molecular flexibility index (Phi) is 2.99. The van der Waals surface area contributed by atoms with E-state index in [-0.39, 0.29) is 21.8 Å². The summed E-state index contributed by atoms with van der Waals surface area (Å²) in [6, 6.07) is 6.34. The van der Waals surface area contributed by atoms with Crippen LogP contribution >= 0.6 is 11.6 Å². The van der Waals surface area contributed by atoms with Gasteiger partial charge in [0.2, 0.25) is 6.08 Å². The van der Waals surface area contributed by atoms with Crippen molar-refractivity contribution >= 4 is 23.4 Å². The third-order valence-corrected chi connectivity index (χ3v) is 1.90. The van der Waals surface area contributed by atoms with Crippen LogP contribution in [-0.4, -0.2) is 6.08 Å². The van der Waals surface area contributed by atoms with Crippen molar-refractivity contribution in [3.8, 4) is 12.1 Å². The van der Waals surface area contributed by atoms with Crippen molar-refractivity contribution < 1.29 is 4.79 Å². The molecule has 0 heterocycles. The Labute approximate surface area is 84.7 Å². The Hall–Kier alpha value is -2.13. The fourth-order valence-corrected chi connectivity index (χ4v) is 1.15. The Balaban J connectivity index is 3.54. The maximum Gasteiger partial charge on any atom is 0.240 e. The van der Waals surface area contributed by atoms with E-state index in [2.05, 4.69) is 4.99 Å². The molecule has 0 aliphatic carbocycles. The number of nitriles is 2. The third kappa shape index (κ3) is 1.62. The highest BCUT2D eigenvalue weighted by Crippen LogP contribution is 2.29. The Morgan fingerprint density at radius 3 is 2.50 bits per heavy atom. The SMILES string of the molecule is N#Cc1ccc(N=C=O)c(Cl)c1C#N. The number of hydrogen-bond donors (Lipinski definition) is 0. The summed E-state index contributed by atoms with van der Waals surface area (Å²) in [5, 5.41) is 17.3. The van der Waals surface area contributed by atoms with Crippen LogP contribution in [0.4, 0.5) is 5.69 Å². The number of benzene rings is 1. The van der Waals surface area contributed by atoms with Gasteiger partial charge in [0.25, 0.3) is 0 Å². The van der Waals surface area contributed by atoms with Crippen molar-refractivity contribution in [2.24, 2.45) is 4.99 Å². The molecule has 0 spiro atoms. The summed E-state index contributed by atoms with van der Waals surface area (Å²) in [5.41, 5.74) is 0.310. The predicted molar refractivity (Wildman–Crippen MR) is 48.7 cm³/mol. The molecule has 66 valence electrons. The maximum absolute atomic E-state index is 9.98. The van der Waals surface area contributed by atoms with Gasteiger partial charge in [-0.2, -0.15) is 15.5 Å². The highest BCUT2D eigenvalue weighted by molar-refractivity contribution is 6.34. The lowest BCUT2D eigenvalue weighted by Crippen LogP contribution is -1.85. The smallest absolute Gasteiger partial charge is 0.211 e. The van der Waals surface area contributed by atoms with Crippen molar-refractivity contribution in [2.45, 2.75) is 0 Å². The second kappa shape index (κ2) is 4.20. The summed E-state index contributed by atoms with van der Waals surface area (Å²) in [7, 11) is 0. The van der Waals surface area contributed by atoms with Crippen LogP contribution in [0.3, 0.4) is 0 Å². The standard InChI is InChI=1S/C9H2ClN3O/c10-9-7(4-12)6(3-11)1-2-8(9)13-5-14/h1-2H. The number of nitrogens with zero attached hydrogens (tertiary/aromatic N) is 3. The molecular formula is C9H2ClN3O. The van der Waals surface area contributed by atoms with E-state index in [4.69, 9.17) is 22.1 Å². The molecule has 1 aromatic carbocycles. The van der Waals surface area contributed by atoms with Crippen LogP contribution in [0.15, 0.2) is 17.1 Å². The molecule has 0 atom stereocenters. The van der Waals surface area contributed by atoms with Gasteiger partial charge in [-0.05, 0) is 12.1 Å². The van der Waals surface area contributed by atoms with Crippen LogP contribution in [0.5, 0.6) is 0 Å². The number of halogens is 1. The van der Waals surface area contributed by atoms with Crippen LogP contribution in [0.25, 0.3) is 0 Å². The van der Waals surface area contributed by atoms with Crippen LogP contribution < -0.4 is 0 Å². The molecule has 0 aliphatic heterocycles. The van der Waals surface area contributed by atoms with E-state index in [0.29, 0.717) is 0 Å². The molecule has 0 N–H and O–H groups in total. The molecule has 0 bridgehead atoms. The second-order valence-corrected chi connectivity index (χ2v) is 2.63. The molecule has 0 fully saturated rings. The number of hydrogen-bond acceptors (Lipinski definition) is 4. The Bertz CT molecular complexity index is 504. The minimum Gasteiger partial charge on any atom is -0.211 e. The summed E-state index contributed by atoms with van der Waals surface area (Å²) >= 11 is 5.73. The van der Waals surface area contributed by atoms with Crippen LogP contribution in [0, 0.1) is 22.7 Å². The molecule has 0 amide bonds. The average molecular weight is 204 g/mol. The molecular weight excluding hydrogens is 202 g/mol. The quantitative estimate of drug-likeness (QED) is 0.518. The van der Waals surface area contributed by atoms with Crippen molar-refractivity contribution in [1.82, 2.24) is 0 Å². The molecule has 0 unspecified atom stereocenters. The summed E-state index contributed by atoms with van der Waals surface area (Å²) < 4.78 is 0. The van der Waals surface area contributed by atoms with E-state index in [1.165, 1.54) is 18.2 Å². The molecule has 0 aliphatic rings. The largest absolute Gasteiger partial charge is 0.240 e. The fourth-order valence-electron chi connectivity index (χ4n) is 0.903. The number of aliphatic imine (C=N–C) groups is 1. The molecule has 0 saturated carbocycles. The molecule has 1 aromatic rings. The van der Waals surface area contributed by atoms with Crippen LogP contribution in [0.1, 0.15) is 11.1 Å². The highest BCUT2D eigenvalue weighted by atomic mass is 35.5. The lowest BCUT2D eigenvalue weighted by molar-refractivity contribution is 0.565. The molecule has 0 radical (unpaired) electrons. The lowest BCUT2D eigenvalue weighted by atomic mass is 10.1. The van der Waals surface area contributed by atoms with Crippen molar-refractivity contribution in [1.29, 1.82) is 10.5 Å². The van der Waals surface area contributed by atoms with E-state index < -0.39 is 0 Å². The second-order valence-electron chi connectivity index (χ2n) is 2.25. The van der Waals surface area contributed by atoms with E-state index in [0.717, 1.165) is 0 Å². The third-order valence-electron chi connectivity index (χ3n) is 1.52. The average Bonchev–Trinajstić information content (AvgIpc) is 2.21. The highest BCUT2D eigenvalue weighted by Gasteiger charge is 2.10. The predicted octanol–water partition coefficient (Wildman–Crippen LogP) is 2.05. The van der Waals surface area contributed by atoms with Gasteiger partial charge in [0.15, 0.2) is 0 Å². The zero-order chi connectivity index (χ0) is 10.6. The van der Waals surface area contributed by atoms with Gasteiger partial charge >= 0.3 is 0 Å². The van der Waals surface area contributed by atoms with Crippen molar-refractivity contribution in [3.05, 3.63) is 28.3 Å². The van der Waals surface area contributed by atoms with Crippen molar-refractivity contribution in [2.75, 3.05) is 0 Å². The molecule has 0 aromatic heterocycles. The zero-order valence-corrected chi connectivity index (χ0v) is 7.54. The monoisotopic (exact) mass is 203 g/mol. The maximum atomic E-state index is 9.98. The van der Waals surface area contributed by atoms with E-state index >= 15 is 0 Å². The minimum absolute atomic E-state index is 0.00472. The first-order valence-electron chi connectivity index (χ1n) is 3.45. The topological polar surface area (TPSA) is 77.0 Å². The zero-order valence-electron chi connectivity index (χ0n) is 6.78. The summed E-state index contributed by atoms with van der Waals surface area (Å²) in [6.07, 6.45) is 1.31. The number of isocyanates is 1. The van der Waals surface area contributed by atoms with E-state index in [1.54, 1.807) is 6.07 Å². The van der Waals surface area contributed by atoms with Gasteiger partial charge in [-0.3, -0.25) is 0 Å². The number of rotatable bonds is 1. The van der Waals surface area contributed by atoms with E-state index in [9.17, 15) is 4.79 Å². The van der Waals surface area contributed by atoms with Gasteiger partial charge in [-0.15, -0.1) is 0 Å². The molecule has 1 rings (SSSR count). The van der Waals surface area contributed by atoms with Crippen LogP contribution in [0.2, 0.25) is 5.02 Å². The fraction of sp³-hybridized carbons (Fsp3) is 0. The van der Waals surface area contributed by atoms with Gasteiger partial charge in [-0.1, -0.05) is 11.6 Å². The Morgan fingerprint density at radius 1 is 1.29 bits per heavy atom. The first-order chi connectivity index (χ1) is 6.74. The summed E-state index contributed by atoms with van der Waals surface area (Å²) in [5.74, 6) is 0. The first kappa shape index (κ1) is 9.95. The van der Waals surface area contributed by atoms with Gasteiger partial charge in [0.1, 0.15) is 12.1 Å². The van der Waals surface area contributed by atoms with Gasteiger partial charge in [0.05, 0.1) is 21.8 Å². The van der Waals surface area contributed by atoms with E-state index in [1.807, 2.05) is 6.07 Å². The Morgan fingerprint density at radius 2 is 2.00 bits per heavy atom. The molecule has 14 heavy (non-hydrogen) atoms. The summed E-state index contributed by atoms with van der Waals surface area (Å²) in [6.45, 7) is 0. The first-order valence-corrected chi connectivity index (χ1v) is 3.83. The molecule has 0 saturated heterocycles. The molecule has 5 heteroatoms. The number of carbonyl (C=O) groups excluding carboxylic acids is 1. The van der Waals surface area contributed by atoms with Gasteiger partial charge in [0, 0.05) is 0 Å². The lowest BCUT2D eigenvalue weighted by Gasteiger charge is -1.99. The normalized spacial score (nSPS) is 8.21. The minimum atomic E-state index is -0.00472. The van der Waals surface area contributed by atoms with Gasteiger partial charge in [-0.25, -0.2) is 4.79 Å². The van der Waals surface area contributed by atoms with Crippen LogP contribution in [-0.2, 0) is 4.79 Å².